The van der Waals surface area contributed by atoms with Crippen LogP contribution in [0, 0.1) is 5.41 Å². The van der Waals surface area contributed by atoms with Crippen molar-refractivity contribution in [3.8, 4) is 0 Å². The molecular weight excluding hydrogens is 260 g/mol. The summed E-state index contributed by atoms with van der Waals surface area (Å²) in [5.41, 5.74) is 0.113. The van der Waals surface area contributed by atoms with Gasteiger partial charge in [0.25, 0.3) is 0 Å². The molecule has 1 saturated heterocycles. The highest BCUT2D eigenvalue weighted by atomic mass is 16.5. The van der Waals surface area contributed by atoms with Gasteiger partial charge in [-0.2, -0.15) is 0 Å². The highest BCUT2D eigenvalue weighted by Crippen LogP contribution is 2.11. The smallest absolute Gasteiger partial charge is 0.343 e. The second-order valence-electron chi connectivity index (χ2n) is 4.17. The molecule has 1 fully saturated rings. The molecule has 0 atom stereocenters. The van der Waals surface area contributed by atoms with E-state index in [-0.39, 0.29) is 12.2 Å². The summed E-state index contributed by atoms with van der Waals surface area (Å²) in [7, 11) is 0. The fraction of sp³-hybridized carbons (Fsp3) is 0.462. The van der Waals surface area contributed by atoms with E-state index in [2.05, 4.69) is 15.2 Å². The van der Waals surface area contributed by atoms with Crippen molar-refractivity contribution in [2.75, 3.05) is 32.9 Å². The SMILES string of the molecule is CCOC(=O)/C(C=N)=C1\N=C(N2CCOCC2)C=CN1. The lowest BCUT2D eigenvalue weighted by Gasteiger charge is -2.29. The number of esters is 1. The van der Waals surface area contributed by atoms with Crippen molar-refractivity contribution in [1.82, 2.24) is 10.2 Å². The van der Waals surface area contributed by atoms with Gasteiger partial charge in [0.1, 0.15) is 17.2 Å². The fourth-order valence-electron chi connectivity index (χ4n) is 1.92. The number of hydrogen-bond donors (Lipinski definition) is 2. The number of ether oxygens (including phenoxy) is 2. The topological polar surface area (TPSA) is 87.0 Å². The Bertz CT molecular complexity index is 476. The molecule has 7 nitrogen and oxygen atoms in total. The van der Waals surface area contributed by atoms with Gasteiger partial charge in [-0.25, -0.2) is 9.79 Å². The van der Waals surface area contributed by atoms with Crippen molar-refractivity contribution in [2.24, 2.45) is 4.99 Å². The van der Waals surface area contributed by atoms with Gasteiger partial charge in [0, 0.05) is 25.5 Å². The number of nitrogens with zero attached hydrogens (tertiary/aromatic N) is 2. The van der Waals surface area contributed by atoms with E-state index >= 15 is 0 Å². The van der Waals surface area contributed by atoms with Gasteiger partial charge in [-0.1, -0.05) is 0 Å². The molecule has 2 heterocycles. The summed E-state index contributed by atoms with van der Waals surface area (Å²) in [5, 5.41) is 10.2. The molecule has 2 rings (SSSR count). The van der Waals surface area contributed by atoms with Gasteiger partial charge >= 0.3 is 5.97 Å². The normalized spacial score (nSPS) is 20.9. The van der Waals surface area contributed by atoms with Crippen molar-refractivity contribution < 1.29 is 14.3 Å². The summed E-state index contributed by atoms with van der Waals surface area (Å²) >= 11 is 0. The quantitative estimate of drug-likeness (QED) is 0.439. The van der Waals surface area contributed by atoms with Crippen LogP contribution in [-0.2, 0) is 14.3 Å². The molecule has 20 heavy (non-hydrogen) atoms. The molecule has 0 spiro atoms. The standard InChI is InChI=1S/C13H18N4O3/c1-2-20-13(18)10(9-14)12-15-4-3-11(16-12)17-5-7-19-8-6-17/h3-4,9,14-15H,2,5-8H2,1H3/b12-10-,14-9?. The van der Waals surface area contributed by atoms with Crippen LogP contribution in [0.3, 0.4) is 0 Å². The Hall–Kier alpha value is -2.15. The average Bonchev–Trinajstić information content (AvgIpc) is 2.49. The van der Waals surface area contributed by atoms with E-state index in [1.165, 1.54) is 0 Å². The number of nitrogens with one attached hydrogen (secondary N) is 2. The molecule has 108 valence electrons. The molecule has 0 aliphatic carbocycles. The largest absolute Gasteiger partial charge is 0.462 e. The van der Waals surface area contributed by atoms with E-state index in [1.807, 2.05) is 6.08 Å². The van der Waals surface area contributed by atoms with E-state index in [4.69, 9.17) is 14.9 Å². The number of carbonyl (C=O) groups excluding carboxylic acids is 1. The minimum atomic E-state index is -0.551. The van der Waals surface area contributed by atoms with Crippen molar-refractivity contribution >= 4 is 18.0 Å². The third-order valence-electron chi connectivity index (χ3n) is 2.91. The van der Waals surface area contributed by atoms with E-state index in [0.717, 1.165) is 25.1 Å². The van der Waals surface area contributed by atoms with Crippen LogP contribution in [0.2, 0.25) is 0 Å². The second kappa shape index (κ2) is 6.85. The van der Waals surface area contributed by atoms with Gasteiger partial charge in [0.2, 0.25) is 0 Å². The molecule has 2 aliphatic heterocycles. The summed E-state index contributed by atoms with van der Waals surface area (Å²) < 4.78 is 10.2. The number of amidine groups is 1. The predicted molar refractivity (Wildman–Crippen MR) is 74.5 cm³/mol. The lowest BCUT2D eigenvalue weighted by Crippen LogP contribution is -2.41. The highest BCUT2D eigenvalue weighted by Gasteiger charge is 2.19. The summed E-state index contributed by atoms with van der Waals surface area (Å²) in [6.07, 6.45) is 4.50. The first kappa shape index (κ1) is 14.3. The Labute approximate surface area is 117 Å². The summed E-state index contributed by atoms with van der Waals surface area (Å²) in [6.45, 7) is 4.83. The van der Waals surface area contributed by atoms with Crippen molar-refractivity contribution in [3.63, 3.8) is 0 Å². The van der Waals surface area contributed by atoms with Gasteiger partial charge < -0.3 is 25.1 Å². The van der Waals surface area contributed by atoms with Crippen molar-refractivity contribution in [1.29, 1.82) is 5.41 Å². The predicted octanol–water partition coefficient (Wildman–Crippen LogP) is 0.258. The number of hydrogen-bond acceptors (Lipinski definition) is 7. The van der Waals surface area contributed by atoms with Gasteiger partial charge in [-0.3, -0.25) is 0 Å². The molecule has 0 saturated carbocycles. The Balaban J connectivity index is 2.23. The molecule has 0 aromatic carbocycles. The zero-order chi connectivity index (χ0) is 14.4. The van der Waals surface area contributed by atoms with Crippen molar-refractivity contribution in [3.05, 3.63) is 23.7 Å². The van der Waals surface area contributed by atoms with Gasteiger partial charge in [-0.05, 0) is 13.0 Å². The van der Waals surface area contributed by atoms with E-state index < -0.39 is 5.97 Å². The molecule has 0 unspecified atom stereocenters. The molecule has 2 N–H and O–H groups in total. The van der Waals surface area contributed by atoms with E-state index in [9.17, 15) is 4.79 Å². The first-order valence-electron chi connectivity index (χ1n) is 6.52. The minimum Gasteiger partial charge on any atom is -0.462 e. The Kier molecular flexibility index (Phi) is 4.89. The number of aliphatic imine (C=N–C) groups is 1. The maximum Gasteiger partial charge on any atom is 0.343 e. The Morgan fingerprint density at radius 3 is 3.00 bits per heavy atom. The zero-order valence-electron chi connectivity index (χ0n) is 11.4. The van der Waals surface area contributed by atoms with Crippen LogP contribution in [0.15, 0.2) is 28.7 Å². The van der Waals surface area contributed by atoms with Crippen LogP contribution < -0.4 is 5.32 Å². The Morgan fingerprint density at radius 1 is 1.60 bits per heavy atom. The Morgan fingerprint density at radius 2 is 2.35 bits per heavy atom. The number of carbonyl (C=O) groups is 1. The monoisotopic (exact) mass is 278 g/mol. The lowest BCUT2D eigenvalue weighted by atomic mass is 10.2. The van der Waals surface area contributed by atoms with Crippen LogP contribution >= 0.6 is 0 Å². The van der Waals surface area contributed by atoms with Gasteiger partial charge in [-0.15, -0.1) is 0 Å². The molecule has 2 aliphatic rings. The van der Waals surface area contributed by atoms with Crippen LogP contribution in [0.1, 0.15) is 6.92 Å². The minimum absolute atomic E-state index is 0.113. The van der Waals surface area contributed by atoms with Crippen LogP contribution in [0.4, 0.5) is 0 Å². The molecule has 0 radical (unpaired) electrons. The van der Waals surface area contributed by atoms with Gasteiger partial charge in [0.05, 0.1) is 19.8 Å². The maximum absolute atomic E-state index is 11.8. The van der Waals surface area contributed by atoms with Gasteiger partial charge in [0.15, 0.2) is 0 Å². The third kappa shape index (κ3) is 3.24. The summed E-state index contributed by atoms with van der Waals surface area (Å²) in [4.78, 5) is 18.2. The zero-order valence-corrected chi connectivity index (χ0v) is 11.4. The van der Waals surface area contributed by atoms with E-state index in [0.29, 0.717) is 19.0 Å². The molecule has 0 amide bonds. The average molecular weight is 278 g/mol. The number of morpholine rings is 1. The summed E-state index contributed by atoms with van der Waals surface area (Å²) in [5.74, 6) is 0.540. The number of rotatable bonds is 3. The summed E-state index contributed by atoms with van der Waals surface area (Å²) in [6, 6.07) is 0. The first-order chi connectivity index (χ1) is 9.76. The third-order valence-corrected chi connectivity index (χ3v) is 2.91. The highest BCUT2D eigenvalue weighted by molar-refractivity contribution is 6.10. The van der Waals surface area contributed by atoms with Crippen LogP contribution in [-0.4, -0.2) is 55.8 Å². The molecule has 0 bridgehead atoms. The second-order valence-corrected chi connectivity index (χ2v) is 4.17. The molecule has 0 aromatic rings. The molecule has 0 aromatic heterocycles. The van der Waals surface area contributed by atoms with Crippen LogP contribution in [0.5, 0.6) is 0 Å². The maximum atomic E-state index is 11.8. The molecular formula is C13H18N4O3. The molecule has 7 heteroatoms. The van der Waals surface area contributed by atoms with E-state index in [1.54, 1.807) is 13.1 Å². The fourth-order valence-corrected chi connectivity index (χ4v) is 1.92. The van der Waals surface area contributed by atoms with Crippen molar-refractivity contribution in [2.45, 2.75) is 6.92 Å². The first-order valence-corrected chi connectivity index (χ1v) is 6.52. The van der Waals surface area contributed by atoms with Crippen LogP contribution in [0.25, 0.3) is 0 Å². The lowest BCUT2D eigenvalue weighted by molar-refractivity contribution is -0.137.